The number of thiophene rings is 1. The molecule has 0 unspecified atom stereocenters. The van der Waals surface area contributed by atoms with Crippen LogP contribution in [0, 0.1) is 11.3 Å². The summed E-state index contributed by atoms with van der Waals surface area (Å²) in [7, 11) is 0. The Kier molecular flexibility index (Phi) is 4.77. The molecule has 2 heterocycles. The van der Waals surface area contributed by atoms with Crippen LogP contribution < -0.4 is 10.6 Å². The van der Waals surface area contributed by atoms with Crippen LogP contribution in [0.25, 0.3) is 6.08 Å². The van der Waals surface area contributed by atoms with Gasteiger partial charge in [0.2, 0.25) is 5.91 Å². The van der Waals surface area contributed by atoms with Crippen LogP contribution >= 0.6 is 22.9 Å². The van der Waals surface area contributed by atoms with E-state index in [1.54, 1.807) is 12.1 Å². The van der Waals surface area contributed by atoms with Gasteiger partial charge in [-0.3, -0.25) is 4.79 Å². The molecule has 0 saturated heterocycles. The van der Waals surface area contributed by atoms with Gasteiger partial charge in [-0.15, -0.1) is 11.3 Å². The third-order valence-electron chi connectivity index (χ3n) is 3.60. The van der Waals surface area contributed by atoms with Gasteiger partial charge in [-0.25, -0.2) is 0 Å². The number of carbonyl (C=O) groups excluding carboxylic acids is 1. The number of hydrogen-bond acceptors (Lipinski definition) is 4. The van der Waals surface area contributed by atoms with Crippen molar-refractivity contribution in [3.63, 3.8) is 0 Å². The van der Waals surface area contributed by atoms with Crippen LogP contribution in [0.2, 0.25) is 5.02 Å². The molecule has 1 aromatic carbocycles. The average Bonchev–Trinajstić information content (AvgIpc) is 2.91. The molecule has 0 radical (unpaired) electrons. The van der Waals surface area contributed by atoms with Gasteiger partial charge in [-0.1, -0.05) is 29.8 Å². The number of rotatable bonds is 3. The molecule has 2 N–H and O–H groups in total. The van der Waals surface area contributed by atoms with Crippen LogP contribution in [0.5, 0.6) is 0 Å². The monoisotopic (exact) mass is 343 g/mol. The molecule has 23 heavy (non-hydrogen) atoms. The second-order valence-electron chi connectivity index (χ2n) is 5.09. The largest absolute Gasteiger partial charge is 0.313 e. The van der Waals surface area contributed by atoms with Gasteiger partial charge in [0.25, 0.3) is 0 Å². The molecule has 0 bridgehead atoms. The number of nitrogens with zero attached hydrogens (tertiary/aromatic N) is 1. The van der Waals surface area contributed by atoms with E-state index in [-0.39, 0.29) is 5.91 Å². The van der Waals surface area contributed by atoms with Gasteiger partial charge in [-0.2, -0.15) is 5.26 Å². The SMILES string of the molecule is N#Cc1c(NC(=O)/C=C\c2ccccc2Cl)sc2c1CCNC2. The first kappa shape index (κ1) is 15.8. The third kappa shape index (κ3) is 3.45. The number of amides is 1. The third-order valence-corrected chi connectivity index (χ3v) is 5.09. The van der Waals surface area contributed by atoms with E-state index in [0.717, 1.165) is 35.5 Å². The molecular formula is C17H14ClN3OS. The Balaban J connectivity index is 1.77. The van der Waals surface area contributed by atoms with Crippen LogP contribution in [0.1, 0.15) is 21.6 Å². The van der Waals surface area contributed by atoms with Crippen LogP contribution in [0.15, 0.2) is 30.3 Å². The Hall–Kier alpha value is -2.13. The maximum absolute atomic E-state index is 12.1. The summed E-state index contributed by atoms with van der Waals surface area (Å²) in [6.45, 7) is 1.61. The maximum Gasteiger partial charge on any atom is 0.249 e. The Morgan fingerprint density at radius 1 is 1.43 bits per heavy atom. The smallest absolute Gasteiger partial charge is 0.249 e. The fourth-order valence-electron chi connectivity index (χ4n) is 2.47. The van der Waals surface area contributed by atoms with Gasteiger partial charge in [0.1, 0.15) is 11.1 Å². The van der Waals surface area contributed by atoms with Crippen LogP contribution in [-0.4, -0.2) is 12.5 Å². The predicted molar refractivity (Wildman–Crippen MR) is 93.6 cm³/mol. The van der Waals surface area contributed by atoms with Crippen molar-refractivity contribution in [1.82, 2.24) is 5.32 Å². The predicted octanol–water partition coefficient (Wildman–Crippen LogP) is 3.57. The lowest BCUT2D eigenvalue weighted by Gasteiger charge is -2.11. The van der Waals surface area contributed by atoms with E-state index in [1.807, 2.05) is 18.2 Å². The molecule has 6 heteroatoms. The van der Waals surface area contributed by atoms with Crippen molar-refractivity contribution >= 4 is 39.9 Å². The van der Waals surface area contributed by atoms with E-state index in [0.29, 0.717) is 15.6 Å². The second-order valence-corrected chi connectivity index (χ2v) is 6.60. The molecule has 1 aliphatic rings. The van der Waals surface area contributed by atoms with Crippen molar-refractivity contribution in [1.29, 1.82) is 5.26 Å². The minimum absolute atomic E-state index is 0.270. The number of hydrogen-bond donors (Lipinski definition) is 2. The molecule has 3 rings (SSSR count). The van der Waals surface area contributed by atoms with Crippen molar-refractivity contribution in [2.75, 3.05) is 11.9 Å². The number of benzene rings is 1. The zero-order valence-electron chi connectivity index (χ0n) is 12.2. The van der Waals surface area contributed by atoms with E-state index in [2.05, 4.69) is 16.7 Å². The molecule has 1 amide bonds. The number of carbonyl (C=O) groups is 1. The molecule has 2 aromatic rings. The van der Waals surface area contributed by atoms with Gasteiger partial charge >= 0.3 is 0 Å². The summed E-state index contributed by atoms with van der Waals surface area (Å²) in [5.74, 6) is -0.270. The standard InChI is InChI=1S/C17H14ClN3OS/c18-14-4-2-1-3-11(14)5-6-16(22)21-17-13(9-19)12-7-8-20-10-15(12)23-17/h1-6,20H,7-8,10H2,(H,21,22)/b6-5-. The van der Waals surface area contributed by atoms with Crippen molar-refractivity contribution < 1.29 is 4.79 Å². The molecule has 4 nitrogen and oxygen atoms in total. The van der Waals surface area contributed by atoms with Crippen LogP contribution in [-0.2, 0) is 17.8 Å². The number of fused-ring (bicyclic) bond motifs is 1. The summed E-state index contributed by atoms with van der Waals surface area (Å²) >= 11 is 7.52. The fraction of sp³-hybridized carbons (Fsp3) is 0.176. The quantitative estimate of drug-likeness (QED) is 0.837. The fourth-order valence-corrected chi connectivity index (χ4v) is 3.84. The molecule has 0 fully saturated rings. The lowest BCUT2D eigenvalue weighted by atomic mass is 10.1. The topological polar surface area (TPSA) is 64.9 Å². The Bertz CT molecular complexity index is 820. The van der Waals surface area contributed by atoms with Gasteiger partial charge in [0.15, 0.2) is 0 Å². The Labute approximate surface area is 143 Å². The van der Waals surface area contributed by atoms with E-state index in [9.17, 15) is 10.1 Å². The summed E-state index contributed by atoms with van der Waals surface area (Å²) in [6, 6.07) is 9.52. The molecule has 1 aromatic heterocycles. The summed E-state index contributed by atoms with van der Waals surface area (Å²) in [6.07, 6.45) is 3.91. The van der Waals surface area contributed by atoms with Gasteiger partial charge in [-0.05, 0) is 36.2 Å². The first-order valence-electron chi connectivity index (χ1n) is 7.18. The minimum atomic E-state index is -0.270. The van der Waals surface area contributed by atoms with Crippen molar-refractivity contribution in [2.45, 2.75) is 13.0 Å². The van der Waals surface area contributed by atoms with Crippen molar-refractivity contribution in [2.24, 2.45) is 0 Å². The average molecular weight is 344 g/mol. The second kappa shape index (κ2) is 6.97. The first-order valence-corrected chi connectivity index (χ1v) is 8.37. The summed E-state index contributed by atoms with van der Waals surface area (Å²) in [4.78, 5) is 13.2. The molecule has 116 valence electrons. The number of anilines is 1. The maximum atomic E-state index is 12.1. The molecule has 0 aliphatic carbocycles. The minimum Gasteiger partial charge on any atom is -0.313 e. The van der Waals surface area contributed by atoms with Crippen LogP contribution in [0.4, 0.5) is 5.00 Å². The van der Waals surface area contributed by atoms with E-state index < -0.39 is 0 Å². The highest BCUT2D eigenvalue weighted by atomic mass is 35.5. The highest BCUT2D eigenvalue weighted by Crippen LogP contribution is 2.34. The van der Waals surface area contributed by atoms with E-state index in [1.165, 1.54) is 17.4 Å². The van der Waals surface area contributed by atoms with Gasteiger partial charge in [0.05, 0.1) is 5.56 Å². The van der Waals surface area contributed by atoms with E-state index >= 15 is 0 Å². The van der Waals surface area contributed by atoms with Gasteiger partial charge in [0, 0.05) is 22.5 Å². The summed E-state index contributed by atoms with van der Waals surface area (Å²) in [5, 5.41) is 16.7. The zero-order valence-corrected chi connectivity index (χ0v) is 13.8. The van der Waals surface area contributed by atoms with E-state index in [4.69, 9.17) is 11.6 Å². The number of halogens is 1. The lowest BCUT2D eigenvalue weighted by molar-refractivity contribution is -0.111. The molecule has 1 aliphatic heterocycles. The molecule has 0 spiro atoms. The Morgan fingerprint density at radius 3 is 3.04 bits per heavy atom. The van der Waals surface area contributed by atoms with Crippen LogP contribution in [0.3, 0.4) is 0 Å². The summed E-state index contributed by atoms with van der Waals surface area (Å²) in [5.41, 5.74) is 2.42. The zero-order chi connectivity index (χ0) is 16.2. The van der Waals surface area contributed by atoms with Crippen molar-refractivity contribution in [3.8, 4) is 6.07 Å². The lowest BCUT2D eigenvalue weighted by Crippen LogP contribution is -2.22. The highest BCUT2D eigenvalue weighted by Gasteiger charge is 2.21. The molecule has 0 atom stereocenters. The summed E-state index contributed by atoms with van der Waals surface area (Å²) < 4.78 is 0. The molecule has 0 saturated carbocycles. The van der Waals surface area contributed by atoms with Gasteiger partial charge < -0.3 is 10.6 Å². The van der Waals surface area contributed by atoms with Crippen molar-refractivity contribution in [3.05, 3.63) is 56.9 Å². The number of nitriles is 1. The number of nitrogens with one attached hydrogen (secondary N) is 2. The Morgan fingerprint density at radius 2 is 2.26 bits per heavy atom. The normalized spacial score (nSPS) is 13.6. The molecular weight excluding hydrogens is 330 g/mol. The first-order chi connectivity index (χ1) is 11.2. The highest BCUT2D eigenvalue weighted by molar-refractivity contribution is 7.16.